The Kier molecular flexibility index (Phi) is 5.58. The van der Waals surface area contributed by atoms with Gasteiger partial charge in [0.1, 0.15) is 0 Å². The lowest BCUT2D eigenvalue weighted by Gasteiger charge is -2.26. The van der Waals surface area contributed by atoms with Crippen LogP contribution in [0.25, 0.3) is 0 Å². The molecule has 0 unspecified atom stereocenters. The fourth-order valence-corrected chi connectivity index (χ4v) is 4.12. The first-order valence-electron chi connectivity index (χ1n) is 7.37. The lowest BCUT2D eigenvalue weighted by atomic mass is 9.98. The van der Waals surface area contributed by atoms with Gasteiger partial charge < -0.3 is 5.11 Å². The van der Waals surface area contributed by atoms with Crippen LogP contribution in [0.5, 0.6) is 0 Å². The quantitative estimate of drug-likeness (QED) is 0.848. The highest BCUT2D eigenvalue weighted by molar-refractivity contribution is 7.89. The van der Waals surface area contributed by atoms with E-state index in [4.69, 9.17) is 0 Å². The summed E-state index contributed by atoms with van der Waals surface area (Å²) in [5.41, 5.74) is 2.46. The molecule has 1 aromatic rings. The molecule has 0 aliphatic carbocycles. The van der Waals surface area contributed by atoms with E-state index in [0.717, 1.165) is 22.3 Å². The van der Waals surface area contributed by atoms with E-state index in [0.29, 0.717) is 17.7 Å². The molecule has 1 aromatic carbocycles. The average Bonchev–Trinajstić information content (AvgIpc) is 2.43. The molecular weight excluding hydrogens is 286 g/mol. The predicted molar refractivity (Wildman–Crippen MR) is 86.1 cm³/mol. The average molecular weight is 313 g/mol. The van der Waals surface area contributed by atoms with Gasteiger partial charge in [-0.05, 0) is 62.8 Å². The molecule has 0 saturated carbocycles. The second-order valence-electron chi connectivity index (χ2n) is 5.85. The van der Waals surface area contributed by atoms with Crippen molar-refractivity contribution in [2.75, 3.05) is 6.54 Å². The summed E-state index contributed by atoms with van der Waals surface area (Å²) in [7, 11) is -3.63. The van der Waals surface area contributed by atoms with Gasteiger partial charge in [-0.1, -0.05) is 19.9 Å². The van der Waals surface area contributed by atoms with Crippen LogP contribution in [0.2, 0.25) is 0 Å². The maximum atomic E-state index is 12.6. The third-order valence-electron chi connectivity index (χ3n) is 4.47. The van der Waals surface area contributed by atoms with Gasteiger partial charge >= 0.3 is 0 Å². The molecule has 0 spiro atoms. The van der Waals surface area contributed by atoms with Crippen LogP contribution in [-0.2, 0) is 10.0 Å². The van der Waals surface area contributed by atoms with Crippen molar-refractivity contribution in [3.63, 3.8) is 0 Å². The molecule has 21 heavy (non-hydrogen) atoms. The fraction of sp³-hybridized carbons (Fsp3) is 0.625. The lowest BCUT2D eigenvalue weighted by molar-refractivity contribution is 0.0377. The third-order valence-corrected chi connectivity index (χ3v) is 6.15. The number of sulfonamides is 1. The van der Waals surface area contributed by atoms with Crippen LogP contribution in [0.15, 0.2) is 11.0 Å². The van der Waals surface area contributed by atoms with Crippen molar-refractivity contribution >= 4 is 10.0 Å². The molecule has 2 N–H and O–H groups in total. The first-order valence-corrected chi connectivity index (χ1v) is 8.85. The SMILES string of the molecule is CCC(O)(CC)CNS(=O)(=O)c1c(C)c(C)cc(C)c1C. The van der Waals surface area contributed by atoms with Gasteiger partial charge in [0, 0.05) is 6.54 Å². The Morgan fingerprint density at radius 2 is 1.48 bits per heavy atom. The number of benzene rings is 1. The largest absolute Gasteiger partial charge is 0.389 e. The molecule has 0 aliphatic heterocycles. The van der Waals surface area contributed by atoms with E-state index >= 15 is 0 Å². The predicted octanol–water partition coefficient (Wildman–Crippen LogP) is 2.75. The van der Waals surface area contributed by atoms with Crippen molar-refractivity contribution < 1.29 is 13.5 Å². The van der Waals surface area contributed by atoms with Crippen LogP contribution < -0.4 is 4.72 Å². The van der Waals surface area contributed by atoms with E-state index < -0.39 is 15.6 Å². The van der Waals surface area contributed by atoms with Crippen LogP contribution in [-0.4, -0.2) is 25.7 Å². The van der Waals surface area contributed by atoms with Crippen LogP contribution in [0, 0.1) is 27.7 Å². The van der Waals surface area contributed by atoms with E-state index in [1.807, 2.05) is 47.6 Å². The Labute approximate surface area is 128 Å². The van der Waals surface area contributed by atoms with Gasteiger partial charge in [-0.15, -0.1) is 0 Å². The minimum absolute atomic E-state index is 0.0359. The number of hydrogen-bond acceptors (Lipinski definition) is 3. The smallest absolute Gasteiger partial charge is 0.241 e. The molecule has 0 radical (unpaired) electrons. The highest BCUT2D eigenvalue weighted by atomic mass is 32.2. The molecule has 0 amide bonds. The molecule has 0 aliphatic rings. The van der Waals surface area contributed by atoms with Gasteiger partial charge in [0.05, 0.1) is 10.5 Å². The van der Waals surface area contributed by atoms with E-state index in [1.165, 1.54) is 0 Å². The van der Waals surface area contributed by atoms with Crippen LogP contribution in [0.3, 0.4) is 0 Å². The first-order chi connectivity index (χ1) is 9.58. The van der Waals surface area contributed by atoms with Gasteiger partial charge in [0.2, 0.25) is 10.0 Å². The molecule has 120 valence electrons. The normalized spacial score (nSPS) is 12.7. The maximum absolute atomic E-state index is 12.6. The van der Waals surface area contributed by atoms with Gasteiger partial charge in [-0.25, -0.2) is 13.1 Å². The molecule has 0 aromatic heterocycles. The van der Waals surface area contributed by atoms with Crippen molar-refractivity contribution in [3.8, 4) is 0 Å². The van der Waals surface area contributed by atoms with E-state index in [2.05, 4.69) is 4.72 Å². The zero-order chi connectivity index (χ0) is 16.4. The summed E-state index contributed by atoms with van der Waals surface area (Å²) in [6.45, 7) is 11.2. The summed E-state index contributed by atoms with van der Waals surface area (Å²) >= 11 is 0. The third kappa shape index (κ3) is 3.84. The maximum Gasteiger partial charge on any atom is 0.241 e. The first kappa shape index (κ1) is 18.1. The molecule has 0 atom stereocenters. The number of rotatable bonds is 6. The minimum Gasteiger partial charge on any atom is -0.389 e. The Morgan fingerprint density at radius 3 is 1.86 bits per heavy atom. The van der Waals surface area contributed by atoms with Gasteiger partial charge in [0.15, 0.2) is 0 Å². The number of aryl methyl sites for hydroxylation is 2. The second kappa shape index (κ2) is 6.46. The summed E-state index contributed by atoms with van der Waals surface area (Å²) in [6.07, 6.45) is 1.02. The molecule has 0 fully saturated rings. The van der Waals surface area contributed by atoms with Crippen molar-refractivity contribution in [2.24, 2.45) is 0 Å². The van der Waals surface area contributed by atoms with Crippen molar-refractivity contribution in [1.82, 2.24) is 4.72 Å². The van der Waals surface area contributed by atoms with Gasteiger partial charge in [-0.3, -0.25) is 0 Å². The Hall–Kier alpha value is -0.910. The summed E-state index contributed by atoms with van der Waals surface area (Å²) in [5.74, 6) is 0. The second-order valence-corrected chi connectivity index (χ2v) is 7.55. The summed E-state index contributed by atoms with van der Waals surface area (Å²) < 4.78 is 27.8. The van der Waals surface area contributed by atoms with E-state index in [1.54, 1.807) is 0 Å². The Balaban J connectivity index is 3.21. The molecular formula is C16H27NO3S. The molecule has 1 rings (SSSR count). The Morgan fingerprint density at radius 1 is 1.05 bits per heavy atom. The standard InChI is InChI=1S/C16H27NO3S/c1-7-16(18,8-2)10-17-21(19,20)15-13(5)11(3)9-12(4)14(15)6/h9,17-18H,7-8,10H2,1-6H3. The molecule has 0 saturated heterocycles. The highest BCUT2D eigenvalue weighted by Crippen LogP contribution is 2.26. The number of hydrogen-bond donors (Lipinski definition) is 2. The van der Waals surface area contributed by atoms with Crippen LogP contribution >= 0.6 is 0 Å². The van der Waals surface area contributed by atoms with Crippen LogP contribution in [0.1, 0.15) is 48.9 Å². The van der Waals surface area contributed by atoms with Gasteiger partial charge in [0.25, 0.3) is 0 Å². The molecule has 0 heterocycles. The zero-order valence-corrected chi connectivity index (χ0v) is 14.7. The van der Waals surface area contributed by atoms with E-state index in [-0.39, 0.29) is 6.54 Å². The summed E-state index contributed by atoms with van der Waals surface area (Å²) in [5, 5.41) is 10.3. The van der Waals surface area contributed by atoms with Crippen molar-refractivity contribution in [2.45, 2.75) is 64.9 Å². The lowest BCUT2D eigenvalue weighted by Crippen LogP contribution is -2.42. The Bertz CT molecular complexity index is 591. The topological polar surface area (TPSA) is 66.4 Å². The number of nitrogens with one attached hydrogen (secondary N) is 1. The summed E-state index contributed by atoms with van der Waals surface area (Å²) in [6, 6.07) is 2.00. The number of aliphatic hydroxyl groups is 1. The van der Waals surface area contributed by atoms with E-state index in [9.17, 15) is 13.5 Å². The van der Waals surface area contributed by atoms with Gasteiger partial charge in [-0.2, -0.15) is 0 Å². The molecule has 4 nitrogen and oxygen atoms in total. The van der Waals surface area contributed by atoms with Crippen molar-refractivity contribution in [3.05, 3.63) is 28.3 Å². The monoisotopic (exact) mass is 313 g/mol. The van der Waals surface area contributed by atoms with Crippen LogP contribution in [0.4, 0.5) is 0 Å². The molecule has 5 heteroatoms. The fourth-order valence-electron chi connectivity index (χ4n) is 2.39. The minimum atomic E-state index is -3.63. The zero-order valence-electron chi connectivity index (χ0n) is 13.9. The molecule has 0 bridgehead atoms. The highest BCUT2D eigenvalue weighted by Gasteiger charge is 2.27. The summed E-state index contributed by atoms with van der Waals surface area (Å²) in [4.78, 5) is 0.342. The van der Waals surface area contributed by atoms with Crippen molar-refractivity contribution in [1.29, 1.82) is 0 Å².